The van der Waals surface area contributed by atoms with E-state index in [-0.39, 0.29) is 5.78 Å². The molecule has 5 nitrogen and oxygen atoms in total. The second kappa shape index (κ2) is 5.21. The van der Waals surface area contributed by atoms with Gasteiger partial charge in [-0.2, -0.15) is 0 Å². The number of fused-ring (bicyclic) bond motifs is 1. The van der Waals surface area contributed by atoms with E-state index in [0.29, 0.717) is 18.4 Å². The lowest BCUT2D eigenvalue weighted by Gasteiger charge is -2.53. The Morgan fingerprint density at radius 2 is 2.05 bits per heavy atom. The molecule has 0 spiro atoms. The lowest BCUT2D eigenvalue weighted by Crippen LogP contribution is -2.59. The summed E-state index contributed by atoms with van der Waals surface area (Å²) < 4.78 is 4.70. The Labute approximate surface area is 125 Å². The van der Waals surface area contributed by atoms with Gasteiger partial charge in [0.25, 0.3) is 0 Å². The molecule has 0 bridgehead atoms. The molecule has 21 heavy (non-hydrogen) atoms. The Morgan fingerprint density at radius 1 is 1.43 bits per heavy atom. The third kappa shape index (κ3) is 2.42. The molecule has 0 saturated heterocycles. The smallest absolute Gasteiger partial charge is 0.312 e. The van der Waals surface area contributed by atoms with Gasteiger partial charge in [0.15, 0.2) is 5.78 Å². The van der Waals surface area contributed by atoms with E-state index in [2.05, 4.69) is 0 Å². The fourth-order valence-electron chi connectivity index (χ4n) is 4.06. The van der Waals surface area contributed by atoms with Crippen LogP contribution in [0, 0.1) is 17.3 Å². The van der Waals surface area contributed by atoms with Gasteiger partial charge in [0, 0.05) is 11.3 Å². The Balaban J connectivity index is 2.47. The van der Waals surface area contributed by atoms with Crippen LogP contribution in [0.3, 0.4) is 0 Å². The number of hydrogen-bond donors (Lipinski definition) is 2. The summed E-state index contributed by atoms with van der Waals surface area (Å²) in [6, 6.07) is 0. The number of carbonyl (C=O) groups is 2. The Morgan fingerprint density at radius 3 is 2.62 bits per heavy atom. The molecule has 2 aliphatic carbocycles. The summed E-state index contributed by atoms with van der Waals surface area (Å²) in [6.45, 7) is 5.07. The standard InChI is InChI=1S/C16H24O5/c1-9(14(19)21-4)10-8-11(17)15(2)6-5-7-16(3,20)13(15)12(10)18/h8-9,12-13,18,20H,5-7H2,1-4H3/t9-,12-,13+,15+,16+/m0/s1. The number of methoxy groups -OCH3 is 1. The highest BCUT2D eigenvalue weighted by atomic mass is 16.5. The van der Waals surface area contributed by atoms with Crippen LogP contribution in [0.2, 0.25) is 0 Å². The second-order valence-corrected chi connectivity index (χ2v) is 6.80. The van der Waals surface area contributed by atoms with Gasteiger partial charge in [-0.25, -0.2) is 0 Å². The molecule has 0 unspecified atom stereocenters. The quantitative estimate of drug-likeness (QED) is 0.749. The van der Waals surface area contributed by atoms with Crippen molar-refractivity contribution in [1.29, 1.82) is 0 Å². The normalized spacial score (nSPS) is 41.0. The summed E-state index contributed by atoms with van der Waals surface area (Å²) in [7, 11) is 1.28. The van der Waals surface area contributed by atoms with Crippen molar-refractivity contribution in [2.45, 2.75) is 51.7 Å². The number of esters is 1. The van der Waals surface area contributed by atoms with Crippen LogP contribution in [-0.2, 0) is 14.3 Å². The molecular formula is C16H24O5. The van der Waals surface area contributed by atoms with Crippen LogP contribution in [-0.4, -0.2) is 40.8 Å². The number of aliphatic hydroxyl groups excluding tert-OH is 1. The molecular weight excluding hydrogens is 272 g/mol. The number of hydrogen-bond acceptors (Lipinski definition) is 5. The monoisotopic (exact) mass is 296 g/mol. The number of carbonyl (C=O) groups excluding carboxylic acids is 2. The number of rotatable bonds is 2. The summed E-state index contributed by atoms with van der Waals surface area (Å²) in [5.74, 6) is -1.91. The first-order valence-electron chi connectivity index (χ1n) is 7.39. The molecule has 0 aromatic rings. The molecule has 0 aromatic heterocycles. The molecule has 2 aliphatic rings. The van der Waals surface area contributed by atoms with E-state index in [0.717, 1.165) is 6.42 Å². The van der Waals surface area contributed by atoms with E-state index in [1.54, 1.807) is 20.8 Å². The largest absolute Gasteiger partial charge is 0.469 e. The van der Waals surface area contributed by atoms with Gasteiger partial charge >= 0.3 is 5.97 Å². The van der Waals surface area contributed by atoms with Crippen molar-refractivity contribution in [2.75, 3.05) is 7.11 Å². The van der Waals surface area contributed by atoms with Gasteiger partial charge < -0.3 is 14.9 Å². The zero-order valence-electron chi connectivity index (χ0n) is 13.0. The van der Waals surface area contributed by atoms with Gasteiger partial charge in [-0.1, -0.05) is 6.92 Å². The molecule has 0 aliphatic heterocycles. The fraction of sp³-hybridized carbons (Fsp3) is 0.750. The van der Waals surface area contributed by atoms with Crippen LogP contribution in [0.4, 0.5) is 0 Å². The van der Waals surface area contributed by atoms with Crippen molar-refractivity contribution in [3.63, 3.8) is 0 Å². The molecule has 0 radical (unpaired) electrons. The van der Waals surface area contributed by atoms with Gasteiger partial charge in [0.2, 0.25) is 0 Å². The highest BCUT2D eigenvalue weighted by Gasteiger charge is 2.57. The van der Waals surface area contributed by atoms with E-state index in [1.165, 1.54) is 13.2 Å². The van der Waals surface area contributed by atoms with Crippen molar-refractivity contribution in [3.05, 3.63) is 11.6 Å². The van der Waals surface area contributed by atoms with Crippen LogP contribution < -0.4 is 0 Å². The van der Waals surface area contributed by atoms with Crippen LogP contribution in [0.25, 0.3) is 0 Å². The topological polar surface area (TPSA) is 83.8 Å². The first-order chi connectivity index (χ1) is 9.65. The SMILES string of the molecule is COC(=O)[C@@H](C)C1=CC(=O)[C@@]2(C)CCC[C@@](C)(O)[C@@H]2[C@H]1O. The minimum Gasteiger partial charge on any atom is -0.469 e. The summed E-state index contributed by atoms with van der Waals surface area (Å²) in [5, 5.41) is 21.4. The van der Waals surface area contributed by atoms with Gasteiger partial charge in [0.1, 0.15) is 0 Å². The molecule has 1 saturated carbocycles. The summed E-state index contributed by atoms with van der Waals surface area (Å²) >= 11 is 0. The summed E-state index contributed by atoms with van der Waals surface area (Å²) in [6.07, 6.45) is 2.28. The van der Waals surface area contributed by atoms with Gasteiger partial charge in [0.05, 0.1) is 24.7 Å². The van der Waals surface area contributed by atoms with E-state index < -0.39 is 34.9 Å². The molecule has 5 atom stereocenters. The maximum absolute atomic E-state index is 12.6. The number of allylic oxidation sites excluding steroid dienone is 1. The third-order valence-electron chi connectivity index (χ3n) is 5.31. The first-order valence-corrected chi connectivity index (χ1v) is 7.39. The molecule has 5 heteroatoms. The third-order valence-corrected chi connectivity index (χ3v) is 5.31. The second-order valence-electron chi connectivity index (χ2n) is 6.80. The highest BCUT2D eigenvalue weighted by molar-refractivity contribution is 5.98. The van der Waals surface area contributed by atoms with Crippen LogP contribution in [0.15, 0.2) is 11.6 Å². The van der Waals surface area contributed by atoms with Crippen molar-refractivity contribution in [3.8, 4) is 0 Å². The maximum Gasteiger partial charge on any atom is 0.312 e. The van der Waals surface area contributed by atoms with Crippen molar-refractivity contribution < 1.29 is 24.5 Å². The van der Waals surface area contributed by atoms with Gasteiger partial charge in [-0.15, -0.1) is 0 Å². The predicted octanol–water partition coefficient (Wildman–Crippen LogP) is 1.22. The lowest BCUT2D eigenvalue weighted by molar-refractivity contribution is -0.162. The molecule has 0 aromatic carbocycles. The number of aliphatic hydroxyl groups is 2. The van der Waals surface area contributed by atoms with Gasteiger partial charge in [-0.3, -0.25) is 9.59 Å². The van der Waals surface area contributed by atoms with E-state index in [9.17, 15) is 19.8 Å². The van der Waals surface area contributed by atoms with E-state index in [4.69, 9.17) is 4.74 Å². The molecule has 118 valence electrons. The molecule has 0 amide bonds. The maximum atomic E-state index is 12.6. The van der Waals surface area contributed by atoms with E-state index >= 15 is 0 Å². The molecule has 2 rings (SSSR count). The first kappa shape index (κ1) is 16.2. The van der Waals surface area contributed by atoms with Crippen molar-refractivity contribution in [2.24, 2.45) is 17.3 Å². The van der Waals surface area contributed by atoms with Crippen LogP contribution in [0.5, 0.6) is 0 Å². The minimum atomic E-state index is -1.13. The minimum absolute atomic E-state index is 0.122. The average Bonchev–Trinajstić information content (AvgIpc) is 2.40. The number of ketones is 1. The Hall–Kier alpha value is -1.20. The van der Waals surface area contributed by atoms with Crippen molar-refractivity contribution >= 4 is 11.8 Å². The summed E-state index contributed by atoms with van der Waals surface area (Å²) in [4.78, 5) is 24.3. The highest BCUT2D eigenvalue weighted by Crippen LogP contribution is 2.53. The predicted molar refractivity (Wildman–Crippen MR) is 76.3 cm³/mol. The van der Waals surface area contributed by atoms with Gasteiger partial charge in [-0.05, 0) is 44.8 Å². The average molecular weight is 296 g/mol. The molecule has 2 N–H and O–H groups in total. The van der Waals surface area contributed by atoms with Crippen LogP contribution >= 0.6 is 0 Å². The van der Waals surface area contributed by atoms with Crippen LogP contribution in [0.1, 0.15) is 40.0 Å². The van der Waals surface area contributed by atoms with Crippen molar-refractivity contribution in [1.82, 2.24) is 0 Å². The molecule has 0 heterocycles. The zero-order chi connectivity index (χ0) is 16.0. The number of ether oxygens (including phenoxy) is 1. The Bertz CT molecular complexity index is 493. The summed E-state index contributed by atoms with van der Waals surface area (Å²) in [5.41, 5.74) is -1.56. The lowest BCUT2D eigenvalue weighted by atomic mass is 9.53. The Kier molecular flexibility index (Phi) is 4.02. The molecule has 1 fully saturated rings. The fourth-order valence-corrected chi connectivity index (χ4v) is 4.06. The zero-order valence-corrected chi connectivity index (χ0v) is 13.0. The van der Waals surface area contributed by atoms with E-state index in [1.807, 2.05) is 0 Å².